The fraction of sp³-hybridized carbons (Fsp3) is 0.368. The zero-order valence-corrected chi connectivity index (χ0v) is 14.1. The standard InChI is InChI=1S/C19H25N3O/c1-4-12-20-17-11-10-16(13-21-17)19(23)22-18-14(5-2)8-7-9-15(18)6-3/h7-11,13H,4-6,12H2,1-3H3,(H,20,21)(H,22,23). The van der Waals surface area contributed by atoms with Gasteiger partial charge in [-0.3, -0.25) is 4.79 Å². The van der Waals surface area contributed by atoms with E-state index in [0.717, 1.165) is 48.4 Å². The van der Waals surface area contributed by atoms with Gasteiger partial charge < -0.3 is 10.6 Å². The predicted molar refractivity (Wildman–Crippen MR) is 96.2 cm³/mol. The van der Waals surface area contributed by atoms with Crippen molar-refractivity contribution in [3.8, 4) is 0 Å². The van der Waals surface area contributed by atoms with Crippen LogP contribution >= 0.6 is 0 Å². The summed E-state index contributed by atoms with van der Waals surface area (Å²) in [5.41, 5.74) is 3.83. The summed E-state index contributed by atoms with van der Waals surface area (Å²) in [4.78, 5) is 16.8. The first kappa shape index (κ1) is 17.0. The fourth-order valence-electron chi connectivity index (χ4n) is 2.47. The fourth-order valence-corrected chi connectivity index (χ4v) is 2.47. The summed E-state index contributed by atoms with van der Waals surface area (Å²) in [6.45, 7) is 7.17. The summed E-state index contributed by atoms with van der Waals surface area (Å²) >= 11 is 0. The van der Waals surface area contributed by atoms with E-state index in [4.69, 9.17) is 0 Å². The van der Waals surface area contributed by atoms with Gasteiger partial charge in [-0.2, -0.15) is 0 Å². The first-order chi connectivity index (χ1) is 11.2. The summed E-state index contributed by atoms with van der Waals surface area (Å²) < 4.78 is 0. The highest BCUT2D eigenvalue weighted by Gasteiger charge is 2.12. The summed E-state index contributed by atoms with van der Waals surface area (Å²) in [6, 6.07) is 9.82. The monoisotopic (exact) mass is 311 g/mol. The van der Waals surface area contributed by atoms with E-state index in [9.17, 15) is 4.79 Å². The molecule has 0 saturated carbocycles. The molecular weight excluding hydrogens is 286 g/mol. The third-order valence-corrected chi connectivity index (χ3v) is 3.82. The van der Waals surface area contributed by atoms with Gasteiger partial charge in [0.2, 0.25) is 0 Å². The Morgan fingerprint density at radius 3 is 2.26 bits per heavy atom. The van der Waals surface area contributed by atoms with Crippen LogP contribution < -0.4 is 10.6 Å². The van der Waals surface area contributed by atoms with E-state index in [2.05, 4.69) is 48.5 Å². The Kier molecular flexibility index (Phi) is 6.15. The molecule has 1 amide bonds. The smallest absolute Gasteiger partial charge is 0.257 e. The van der Waals surface area contributed by atoms with Crippen LogP contribution in [0.25, 0.3) is 0 Å². The van der Waals surface area contributed by atoms with E-state index in [1.807, 2.05) is 12.1 Å². The highest BCUT2D eigenvalue weighted by molar-refractivity contribution is 6.05. The Labute approximate surface area is 138 Å². The van der Waals surface area contributed by atoms with Crippen molar-refractivity contribution in [2.75, 3.05) is 17.2 Å². The molecule has 0 fully saturated rings. The second-order valence-corrected chi connectivity index (χ2v) is 5.47. The first-order valence-electron chi connectivity index (χ1n) is 8.31. The molecule has 2 aromatic rings. The van der Waals surface area contributed by atoms with Crippen molar-refractivity contribution in [1.29, 1.82) is 0 Å². The second kappa shape index (κ2) is 8.32. The van der Waals surface area contributed by atoms with Crippen LogP contribution in [0.2, 0.25) is 0 Å². The molecule has 4 nitrogen and oxygen atoms in total. The van der Waals surface area contributed by atoms with Gasteiger partial charge in [-0.1, -0.05) is 39.0 Å². The molecule has 2 N–H and O–H groups in total. The molecule has 0 bridgehead atoms. The van der Waals surface area contributed by atoms with E-state index in [0.29, 0.717) is 5.56 Å². The number of hydrogen-bond donors (Lipinski definition) is 2. The number of hydrogen-bond acceptors (Lipinski definition) is 3. The minimum Gasteiger partial charge on any atom is -0.370 e. The van der Waals surface area contributed by atoms with Crippen LogP contribution in [0.5, 0.6) is 0 Å². The number of rotatable bonds is 7. The Morgan fingerprint density at radius 2 is 1.74 bits per heavy atom. The Hall–Kier alpha value is -2.36. The third kappa shape index (κ3) is 4.31. The normalized spacial score (nSPS) is 10.4. The number of aryl methyl sites for hydroxylation is 2. The van der Waals surface area contributed by atoms with Crippen molar-refractivity contribution in [2.45, 2.75) is 40.0 Å². The molecule has 4 heteroatoms. The van der Waals surface area contributed by atoms with E-state index in [1.165, 1.54) is 0 Å². The number of benzene rings is 1. The van der Waals surface area contributed by atoms with Crippen molar-refractivity contribution >= 4 is 17.4 Å². The Bertz CT molecular complexity index is 628. The van der Waals surface area contributed by atoms with Crippen molar-refractivity contribution in [3.05, 3.63) is 53.2 Å². The molecule has 0 aliphatic carbocycles. The second-order valence-electron chi connectivity index (χ2n) is 5.47. The molecule has 1 aromatic heterocycles. The van der Waals surface area contributed by atoms with E-state index < -0.39 is 0 Å². The lowest BCUT2D eigenvalue weighted by Crippen LogP contribution is -2.15. The Morgan fingerprint density at radius 1 is 1.04 bits per heavy atom. The van der Waals surface area contributed by atoms with E-state index in [1.54, 1.807) is 12.3 Å². The topological polar surface area (TPSA) is 54.0 Å². The number of amides is 1. The maximum atomic E-state index is 12.5. The van der Waals surface area contributed by atoms with Gasteiger partial charge in [-0.25, -0.2) is 4.98 Å². The molecule has 1 heterocycles. The lowest BCUT2D eigenvalue weighted by atomic mass is 10.0. The molecule has 0 saturated heterocycles. The van der Waals surface area contributed by atoms with Gasteiger partial charge in [-0.05, 0) is 42.5 Å². The number of carbonyl (C=O) groups excluding carboxylic acids is 1. The lowest BCUT2D eigenvalue weighted by molar-refractivity contribution is 0.102. The summed E-state index contributed by atoms with van der Waals surface area (Å²) in [6.07, 6.45) is 4.44. The maximum absolute atomic E-state index is 12.5. The van der Waals surface area contributed by atoms with Crippen LogP contribution in [-0.4, -0.2) is 17.4 Å². The van der Waals surface area contributed by atoms with Crippen LogP contribution in [0.15, 0.2) is 36.5 Å². The minimum absolute atomic E-state index is 0.116. The molecule has 0 radical (unpaired) electrons. The van der Waals surface area contributed by atoms with Crippen molar-refractivity contribution in [2.24, 2.45) is 0 Å². The molecule has 23 heavy (non-hydrogen) atoms. The zero-order chi connectivity index (χ0) is 16.7. The Balaban J connectivity index is 2.16. The maximum Gasteiger partial charge on any atom is 0.257 e. The molecule has 2 rings (SSSR count). The van der Waals surface area contributed by atoms with E-state index >= 15 is 0 Å². The van der Waals surface area contributed by atoms with Crippen molar-refractivity contribution in [3.63, 3.8) is 0 Å². The van der Waals surface area contributed by atoms with Crippen molar-refractivity contribution < 1.29 is 4.79 Å². The number of para-hydroxylation sites is 1. The highest BCUT2D eigenvalue weighted by Crippen LogP contribution is 2.23. The number of pyridine rings is 1. The van der Waals surface area contributed by atoms with Gasteiger partial charge in [-0.15, -0.1) is 0 Å². The van der Waals surface area contributed by atoms with Gasteiger partial charge in [0, 0.05) is 18.4 Å². The lowest BCUT2D eigenvalue weighted by Gasteiger charge is -2.14. The largest absolute Gasteiger partial charge is 0.370 e. The molecule has 0 unspecified atom stereocenters. The quantitative estimate of drug-likeness (QED) is 0.802. The average Bonchev–Trinajstić information content (AvgIpc) is 2.60. The van der Waals surface area contributed by atoms with E-state index in [-0.39, 0.29) is 5.91 Å². The first-order valence-corrected chi connectivity index (χ1v) is 8.31. The number of anilines is 2. The number of nitrogens with zero attached hydrogens (tertiary/aromatic N) is 1. The third-order valence-electron chi connectivity index (χ3n) is 3.82. The number of aromatic nitrogens is 1. The van der Waals surface area contributed by atoms with Gasteiger partial charge in [0.25, 0.3) is 5.91 Å². The van der Waals surface area contributed by atoms with Crippen molar-refractivity contribution in [1.82, 2.24) is 4.98 Å². The molecule has 0 aliphatic rings. The number of carbonyl (C=O) groups is 1. The van der Waals surface area contributed by atoms with Crippen LogP contribution in [0.4, 0.5) is 11.5 Å². The highest BCUT2D eigenvalue weighted by atomic mass is 16.1. The molecular formula is C19H25N3O. The SMILES string of the molecule is CCCNc1ccc(C(=O)Nc2c(CC)cccc2CC)cn1. The van der Waals surface area contributed by atoms with Gasteiger partial charge >= 0.3 is 0 Å². The summed E-state index contributed by atoms with van der Waals surface area (Å²) in [7, 11) is 0. The average molecular weight is 311 g/mol. The van der Waals surface area contributed by atoms with Crippen LogP contribution in [-0.2, 0) is 12.8 Å². The van der Waals surface area contributed by atoms with Crippen LogP contribution in [0.1, 0.15) is 48.7 Å². The predicted octanol–water partition coefficient (Wildman–Crippen LogP) is 4.28. The summed E-state index contributed by atoms with van der Waals surface area (Å²) in [5, 5.41) is 6.26. The van der Waals surface area contributed by atoms with Crippen LogP contribution in [0.3, 0.4) is 0 Å². The zero-order valence-electron chi connectivity index (χ0n) is 14.1. The van der Waals surface area contributed by atoms with Crippen LogP contribution in [0, 0.1) is 0 Å². The number of nitrogens with one attached hydrogen (secondary N) is 2. The van der Waals surface area contributed by atoms with Gasteiger partial charge in [0.1, 0.15) is 5.82 Å². The molecule has 0 atom stereocenters. The van der Waals surface area contributed by atoms with Gasteiger partial charge in [0.15, 0.2) is 0 Å². The molecule has 122 valence electrons. The van der Waals surface area contributed by atoms with Gasteiger partial charge in [0.05, 0.1) is 5.56 Å². The minimum atomic E-state index is -0.116. The summed E-state index contributed by atoms with van der Waals surface area (Å²) in [5.74, 6) is 0.682. The molecule has 1 aromatic carbocycles. The molecule has 0 aliphatic heterocycles. The molecule has 0 spiro atoms.